The summed E-state index contributed by atoms with van der Waals surface area (Å²) < 4.78 is 6.52. The van der Waals surface area contributed by atoms with Gasteiger partial charge in [0, 0.05) is 4.47 Å². The molecule has 0 aromatic heterocycles. The van der Waals surface area contributed by atoms with Crippen LogP contribution in [0.15, 0.2) is 22.7 Å². The van der Waals surface area contributed by atoms with E-state index >= 15 is 0 Å². The maximum absolute atomic E-state index is 5.99. The zero-order chi connectivity index (χ0) is 10.6. The Morgan fingerprint density at radius 3 is 2.71 bits per heavy atom. The molecule has 0 aliphatic carbocycles. The molecule has 0 radical (unpaired) electrons. The third kappa shape index (κ3) is 3.89. The van der Waals surface area contributed by atoms with Gasteiger partial charge in [-0.25, -0.2) is 0 Å². The zero-order valence-electron chi connectivity index (χ0n) is 8.39. The van der Waals surface area contributed by atoms with Crippen LogP contribution in [0, 0.1) is 5.92 Å². The Morgan fingerprint density at radius 1 is 1.43 bits per heavy atom. The highest BCUT2D eigenvalue weighted by Crippen LogP contribution is 2.27. The van der Waals surface area contributed by atoms with Crippen LogP contribution in [0.4, 0.5) is 0 Å². The molecule has 1 nitrogen and oxygen atoms in total. The van der Waals surface area contributed by atoms with Crippen molar-refractivity contribution in [1.82, 2.24) is 0 Å². The fourth-order valence-electron chi connectivity index (χ4n) is 0.997. The molecule has 0 heterocycles. The second-order valence-corrected chi connectivity index (χ2v) is 4.93. The predicted molar refractivity (Wildman–Crippen MR) is 64.1 cm³/mol. The van der Waals surface area contributed by atoms with Crippen LogP contribution in [0.1, 0.15) is 20.3 Å². The fourth-order valence-corrected chi connectivity index (χ4v) is 1.72. The molecule has 0 unspecified atom stereocenters. The van der Waals surface area contributed by atoms with Gasteiger partial charge < -0.3 is 4.74 Å². The molecule has 0 aliphatic rings. The van der Waals surface area contributed by atoms with E-state index in [9.17, 15) is 0 Å². The minimum atomic E-state index is 0.656. The molecule has 0 amide bonds. The topological polar surface area (TPSA) is 9.23 Å². The molecule has 0 spiro atoms. The summed E-state index contributed by atoms with van der Waals surface area (Å²) in [5.41, 5.74) is 0. The lowest BCUT2D eigenvalue weighted by atomic mass is 10.1. The van der Waals surface area contributed by atoms with Gasteiger partial charge in [0.25, 0.3) is 0 Å². The van der Waals surface area contributed by atoms with Gasteiger partial charge in [-0.15, -0.1) is 0 Å². The molecule has 0 N–H and O–H groups in total. The highest BCUT2D eigenvalue weighted by atomic mass is 79.9. The van der Waals surface area contributed by atoms with E-state index in [1.807, 2.05) is 18.2 Å². The molecule has 78 valence electrons. The molecular weight excluding hydrogens is 263 g/mol. The van der Waals surface area contributed by atoms with Crippen molar-refractivity contribution in [2.24, 2.45) is 5.92 Å². The first-order valence-electron chi connectivity index (χ1n) is 4.67. The molecule has 1 aromatic carbocycles. The van der Waals surface area contributed by atoms with Crippen LogP contribution in [0.5, 0.6) is 5.75 Å². The second-order valence-electron chi connectivity index (χ2n) is 3.61. The maximum Gasteiger partial charge on any atom is 0.137 e. The van der Waals surface area contributed by atoms with E-state index < -0.39 is 0 Å². The average Bonchev–Trinajstić information content (AvgIpc) is 2.08. The molecule has 14 heavy (non-hydrogen) atoms. The van der Waals surface area contributed by atoms with Gasteiger partial charge in [-0.2, -0.15) is 0 Å². The third-order valence-corrected chi connectivity index (χ3v) is 2.64. The standard InChI is InChI=1S/C11H14BrClO/c1-8(2)5-6-14-11-4-3-9(12)7-10(11)13/h3-4,7-8H,5-6H2,1-2H3. The van der Waals surface area contributed by atoms with Crippen LogP contribution in [0.25, 0.3) is 0 Å². The van der Waals surface area contributed by atoms with E-state index in [-0.39, 0.29) is 0 Å². The summed E-state index contributed by atoms with van der Waals surface area (Å²) in [6, 6.07) is 5.65. The third-order valence-electron chi connectivity index (χ3n) is 1.85. The SMILES string of the molecule is CC(C)CCOc1ccc(Br)cc1Cl. The molecule has 0 fully saturated rings. The fraction of sp³-hybridized carbons (Fsp3) is 0.455. The molecule has 0 aliphatic heterocycles. The van der Waals surface area contributed by atoms with Gasteiger partial charge in [0.15, 0.2) is 0 Å². The molecule has 1 rings (SSSR count). The largest absolute Gasteiger partial charge is 0.492 e. The van der Waals surface area contributed by atoms with Crippen molar-refractivity contribution in [2.45, 2.75) is 20.3 Å². The molecular formula is C11H14BrClO. The van der Waals surface area contributed by atoms with Crippen LogP contribution in [0.3, 0.4) is 0 Å². The normalized spacial score (nSPS) is 10.6. The Morgan fingerprint density at radius 2 is 2.14 bits per heavy atom. The number of hydrogen-bond acceptors (Lipinski definition) is 1. The summed E-state index contributed by atoms with van der Waals surface area (Å²) in [7, 11) is 0. The van der Waals surface area contributed by atoms with Gasteiger partial charge in [0.05, 0.1) is 11.6 Å². The van der Waals surface area contributed by atoms with E-state index in [1.165, 1.54) is 0 Å². The lowest BCUT2D eigenvalue weighted by molar-refractivity contribution is 0.289. The Labute approximate surface area is 98.5 Å². The van der Waals surface area contributed by atoms with E-state index in [0.29, 0.717) is 10.9 Å². The zero-order valence-corrected chi connectivity index (χ0v) is 10.7. The van der Waals surface area contributed by atoms with Gasteiger partial charge in [-0.05, 0) is 30.5 Å². The van der Waals surface area contributed by atoms with Gasteiger partial charge in [-0.3, -0.25) is 0 Å². The van der Waals surface area contributed by atoms with E-state index in [0.717, 1.165) is 23.2 Å². The first-order chi connectivity index (χ1) is 6.59. The monoisotopic (exact) mass is 276 g/mol. The van der Waals surface area contributed by atoms with Crippen LogP contribution in [-0.2, 0) is 0 Å². The van der Waals surface area contributed by atoms with Gasteiger partial charge in [-0.1, -0.05) is 41.4 Å². The highest BCUT2D eigenvalue weighted by molar-refractivity contribution is 9.10. The molecule has 0 atom stereocenters. The summed E-state index contributed by atoms with van der Waals surface area (Å²) in [5, 5.41) is 0.656. The Hall–Kier alpha value is -0.210. The first-order valence-corrected chi connectivity index (χ1v) is 5.84. The average molecular weight is 278 g/mol. The second kappa shape index (κ2) is 5.62. The smallest absolute Gasteiger partial charge is 0.137 e. The van der Waals surface area contributed by atoms with Gasteiger partial charge >= 0.3 is 0 Å². The number of ether oxygens (including phenoxy) is 1. The van der Waals surface area contributed by atoms with E-state index in [4.69, 9.17) is 16.3 Å². The van der Waals surface area contributed by atoms with Crippen LogP contribution in [-0.4, -0.2) is 6.61 Å². The summed E-state index contributed by atoms with van der Waals surface area (Å²) in [6.07, 6.45) is 1.05. The van der Waals surface area contributed by atoms with E-state index in [1.54, 1.807) is 0 Å². The van der Waals surface area contributed by atoms with Crippen LogP contribution < -0.4 is 4.74 Å². The molecule has 1 aromatic rings. The van der Waals surface area contributed by atoms with Crippen molar-refractivity contribution in [1.29, 1.82) is 0 Å². The quantitative estimate of drug-likeness (QED) is 0.786. The Bertz CT molecular complexity index is 299. The van der Waals surface area contributed by atoms with Gasteiger partial charge in [0.2, 0.25) is 0 Å². The first kappa shape index (κ1) is 11.9. The Balaban J connectivity index is 2.51. The van der Waals surface area contributed by atoms with Crippen molar-refractivity contribution in [2.75, 3.05) is 6.61 Å². The van der Waals surface area contributed by atoms with Crippen LogP contribution in [0.2, 0.25) is 5.02 Å². The summed E-state index contributed by atoms with van der Waals surface area (Å²) >= 11 is 9.34. The van der Waals surface area contributed by atoms with Crippen molar-refractivity contribution < 1.29 is 4.74 Å². The molecule has 0 saturated carbocycles. The molecule has 3 heteroatoms. The minimum absolute atomic E-state index is 0.656. The summed E-state index contributed by atoms with van der Waals surface area (Å²) in [5.74, 6) is 1.42. The minimum Gasteiger partial charge on any atom is -0.492 e. The maximum atomic E-state index is 5.99. The molecule has 0 bridgehead atoms. The molecule has 0 saturated heterocycles. The lowest BCUT2D eigenvalue weighted by Crippen LogP contribution is -2.01. The van der Waals surface area contributed by atoms with Crippen molar-refractivity contribution >= 4 is 27.5 Å². The number of rotatable bonds is 4. The Kier molecular flexibility index (Phi) is 4.76. The van der Waals surface area contributed by atoms with E-state index in [2.05, 4.69) is 29.8 Å². The highest BCUT2D eigenvalue weighted by Gasteiger charge is 2.02. The lowest BCUT2D eigenvalue weighted by Gasteiger charge is -2.09. The van der Waals surface area contributed by atoms with Crippen molar-refractivity contribution in [3.05, 3.63) is 27.7 Å². The van der Waals surface area contributed by atoms with Crippen molar-refractivity contribution in [3.8, 4) is 5.75 Å². The van der Waals surface area contributed by atoms with Gasteiger partial charge in [0.1, 0.15) is 5.75 Å². The number of halogens is 2. The van der Waals surface area contributed by atoms with Crippen molar-refractivity contribution in [3.63, 3.8) is 0 Å². The summed E-state index contributed by atoms with van der Waals surface area (Å²) in [6.45, 7) is 5.07. The number of hydrogen-bond donors (Lipinski definition) is 0. The van der Waals surface area contributed by atoms with Crippen LogP contribution >= 0.6 is 27.5 Å². The summed E-state index contributed by atoms with van der Waals surface area (Å²) in [4.78, 5) is 0. The predicted octanol–water partition coefficient (Wildman–Crippen LogP) is 4.53. The number of benzene rings is 1.